The number of carbonyl (C=O) groups is 3. The lowest BCUT2D eigenvalue weighted by Gasteiger charge is -2.24. The number of rotatable bonds is 11. The largest absolute Gasteiger partial charge is 0.494 e. The van der Waals surface area contributed by atoms with E-state index < -0.39 is 11.8 Å². The summed E-state index contributed by atoms with van der Waals surface area (Å²) in [7, 11) is 0. The van der Waals surface area contributed by atoms with Crippen LogP contribution in [0.4, 0.5) is 0 Å². The lowest BCUT2D eigenvalue weighted by Crippen LogP contribution is -2.49. The smallest absolute Gasteiger partial charge is 0.243 e. The summed E-state index contributed by atoms with van der Waals surface area (Å²) in [6.45, 7) is 1.28. The first-order valence-electron chi connectivity index (χ1n) is 13.6. The summed E-state index contributed by atoms with van der Waals surface area (Å²) in [5, 5.41) is 14.7. The van der Waals surface area contributed by atoms with E-state index in [4.69, 9.17) is 25.4 Å². The van der Waals surface area contributed by atoms with Crippen LogP contribution in [-0.4, -0.2) is 73.2 Å². The molecule has 1 unspecified atom stereocenters. The number of likely N-dealkylation sites (tertiary alicyclic amines) is 1. The zero-order valence-corrected chi connectivity index (χ0v) is 23.3. The number of para-hydroxylation sites is 1. The molecule has 216 valence electrons. The second kappa shape index (κ2) is 14.2. The summed E-state index contributed by atoms with van der Waals surface area (Å²) in [5.41, 5.74) is 6.10. The van der Waals surface area contributed by atoms with Gasteiger partial charge in [-0.25, -0.2) is 0 Å². The number of hydrogen-bond donors (Lipinski definition) is 4. The zero-order chi connectivity index (χ0) is 28.4. The Morgan fingerprint density at radius 3 is 2.50 bits per heavy atom. The number of carbonyl (C=O) groups excluding carboxylic acids is 3. The molecule has 3 fully saturated rings. The molecule has 40 heavy (non-hydrogen) atoms. The fourth-order valence-electron chi connectivity index (χ4n) is 4.25. The zero-order valence-electron chi connectivity index (χ0n) is 22.5. The molecular formula is C28H37N5O6S. The van der Waals surface area contributed by atoms with Gasteiger partial charge < -0.3 is 35.5 Å². The maximum atomic E-state index is 13.1. The van der Waals surface area contributed by atoms with Crippen molar-refractivity contribution in [2.75, 3.05) is 32.9 Å². The highest BCUT2D eigenvalue weighted by Gasteiger charge is 2.52. The van der Waals surface area contributed by atoms with Crippen molar-refractivity contribution in [2.24, 2.45) is 5.73 Å². The van der Waals surface area contributed by atoms with E-state index in [0.29, 0.717) is 31.8 Å². The average Bonchev–Trinajstić information content (AvgIpc) is 3.50. The van der Waals surface area contributed by atoms with Crippen LogP contribution in [0.3, 0.4) is 0 Å². The van der Waals surface area contributed by atoms with Gasteiger partial charge in [-0.05, 0) is 24.6 Å². The minimum Gasteiger partial charge on any atom is -0.494 e. The van der Waals surface area contributed by atoms with E-state index in [9.17, 15) is 14.4 Å². The number of ether oxygens (including phenoxy) is 3. The molecule has 3 heterocycles. The van der Waals surface area contributed by atoms with Gasteiger partial charge in [0.2, 0.25) is 17.7 Å². The summed E-state index contributed by atoms with van der Waals surface area (Å²) in [6.07, 6.45) is 5.42. The Kier molecular flexibility index (Phi) is 10.5. The van der Waals surface area contributed by atoms with Crippen LogP contribution in [0.5, 0.6) is 5.75 Å². The molecule has 5 rings (SSSR count). The molecule has 1 aliphatic carbocycles. The van der Waals surface area contributed by atoms with Crippen molar-refractivity contribution in [1.82, 2.24) is 15.5 Å². The molecule has 5 N–H and O–H groups in total. The Hall–Kier alpha value is -3.48. The molecule has 1 aromatic heterocycles. The van der Waals surface area contributed by atoms with Crippen LogP contribution in [0.1, 0.15) is 49.0 Å². The van der Waals surface area contributed by atoms with Crippen molar-refractivity contribution in [2.45, 2.75) is 56.9 Å². The van der Waals surface area contributed by atoms with E-state index in [1.807, 2.05) is 30.3 Å². The topological polar surface area (TPSA) is 156 Å². The number of benzene rings is 1. The number of amidine groups is 1. The molecule has 2 saturated heterocycles. The van der Waals surface area contributed by atoms with Crippen LogP contribution < -0.4 is 21.1 Å². The second-order valence-electron chi connectivity index (χ2n) is 9.88. The van der Waals surface area contributed by atoms with Crippen LogP contribution >= 0.6 is 11.3 Å². The van der Waals surface area contributed by atoms with Crippen LogP contribution in [0.2, 0.25) is 0 Å². The summed E-state index contributed by atoms with van der Waals surface area (Å²) in [5.74, 6) is -1.32. The van der Waals surface area contributed by atoms with Crippen LogP contribution in [0.15, 0.2) is 41.8 Å². The number of nitrogens with one attached hydrogen (secondary N) is 3. The highest BCUT2D eigenvalue weighted by atomic mass is 32.1. The maximum absolute atomic E-state index is 13.1. The summed E-state index contributed by atoms with van der Waals surface area (Å²) >= 11 is 1.38. The van der Waals surface area contributed by atoms with Crippen LogP contribution in [-0.2, 0) is 30.4 Å². The summed E-state index contributed by atoms with van der Waals surface area (Å²) in [4.78, 5) is 40.6. The number of thiophene rings is 1. The number of nitrogen functional groups attached to an aromatic ring is 1. The van der Waals surface area contributed by atoms with E-state index in [2.05, 4.69) is 10.6 Å². The van der Waals surface area contributed by atoms with Crippen molar-refractivity contribution >= 4 is 34.9 Å². The molecule has 0 bridgehead atoms. The summed E-state index contributed by atoms with van der Waals surface area (Å²) in [6, 6.07) is 10.3. The number of hydrogen-bond acceptors (Lipinski definition) is 8. The van der Waals surface area contributed by atoms with Gasteiger partial charge in [-0.15, -0.1) is 11.3 Å². The molecule has 11 nitrogen and oxygen atoms in total. The first-order chi connectivity index (χ1) is 19.3. The molecule has 1 aromatic carbocycles. The number of nitrogens with zero attached hydrogens (tertiary/aromatic N) is 1. The molecular weight excluding hydrogens is 534 g/mol. The molecule has 3 aliphatic rings. The first-order valence-corrected chi connectivity index (χ1v) is 14.4. The Morgan fingerprint density at radius 2 is 1.85 bits per heavy atom. The molecule has 1 spiro atoms. The normalized spacial score (nSPS) is 18.5. The molecule has 1 saturated carbocycles. The third-order valence-corrected chi connectivity index (χ3v) is 7.42. The van der Waals surface area contributed by atoms with E-state index in [-0.39, 0.29) is 56.0 Å². The minimum absolute atomic E-state index is 0.0374. The molecule has 12 heteroatoms. The van der Waals surface area contributed by atoms with E-state index >= 15 is 0 Å². The number of nitrogens with two attached hydrogens (primary N) is 1. The molecule has 2 aromatic rings. The quantitative estimate of drug-likeness (QED) is 0.183. The fraction of sp³-hybridized carbons (Fsp3) is 0.500. The van der Waals surface area contributed by atoms with Gasteiger partial charge in [0.15, 0.2) is 5.79 Å². The Morgan fingerprint density at radius 1 is 1.12 bits per heavy atom. The maximum Gasteiger partial charge on any atom is 0.243 e. The van der Waals surface area contributed by atoms with Crippen molar-refractivity contribution < 1.29 is 28.6 Å². The van der Waals surface area contributed by atoms with E-state index in [1.54, 1.807) is 11.4 Å². The molecule has 2 aliphatic heterocycles. The van der Waals surface area contributed by atoms with Crippen LogP contribution in [0.25, 0.3) is 0 Å². The molecule has 3 amide bonds. The van der Waals surface area contributed by atoms with Crippen molar-refractivity contribution in [3.63, 3.8) is 0 Å². The van der Waals surface area contributed by atoms with Crippen molar-refractivity contribution in [3.05, 3.63) is 52.2 Å². The standard InChI is InChI=1S/C25H31N5O6S.C3H6/c26-23(27)17-11-19(37-15-17)13-29-24(33)20-12-25(35-9-10-36-25)16-30(20)22(32)14-28-21(31)7-4-8-34-18-5-2-1-3-6-18;1-2-3-1/h1-3,5-6,11,15,20H,4,7-10,12-14,16H2,(H3,26,27)(H,28,31)(H,29,33);1-3H2. The molecule has 1 atom stereocenters. The molecule has 0 radical (unpaired) electrons. The third kappa shape index (κ3) is 8.77. The lowest BCUT2D eigenvalue weighted by molar-refractivity contribution is -0.152. The predicted molar refractivity (Wildman–Crippen MR) is 150 cm³/mol. The fourth-order valence-corrected chi connectivity index (χ4v) is 5.08. The second-order valence-corrected chi connectivity index (χ2v) is 10.9. The first kappa shape index (κ1) is 29.5. The highest BCUT2D eigenvalue weighted by Crippen LogP contribution is 2.35. The Balaban J connectivity index is 0.00000115. The van der Waals surface area contributed by atoms with Gasteiger partial charge in [0.05, 0.1) is 39.5 Å². The summed E-state index contributed by atoms with van der Waals surface area (Å²) < 4.78 is 17.1. The lowest BCUT2D eigenvalue weighted by atomic mass is 10.1. The van der Waals surface area contributed by atoms with Crippen molar-refractivity contribution in [3.8, 4) is 5.75 Å². The average molecular weight is 572 g/mol. The Bertz CT molecular complexity index is 1160. The van der Waals surface area contributed by atoms with Gasteiger partial charge in [-0.2, -0.15) is 0 Å². The van der Waals surface area contributed by atoms with Gasteiger partial charge >= 0.3 is 0 Å². The van der Waals surface area contributed by atoms with Gasteiger partial charge in [0, 0.05) is 28.7 Å². The minimum atomic E-state index is -1.01. The highest BCUT2D eigenvalue weighted by molar-refractivity contribution is 7.10. The van der Waals surface area contributed by atoms with E-state index in [0.717, 1.165) is 10.6 Å². The van der Waals surface area contributed by atoms with E-state index in [1.165, 1.54) is 35.5 Å². The van der Waals surface area contributed by atoms with Gasteiger partial charge in [-0.1, -0.05) is 37.5 Å². The van der Waals surface area contributed by atoms with Crippen LogP contribution in [0, 0.1) is 5.41 Å². The Labute approximate surface area is 237 Å². The predicted octanol–water partition coefficient (Wildman–Crippen LogP) is 2.14. The van der Waals surface area contributed by atoms with Gasteiger partial charge in [0.25, 0.3) is 0 Å². The van der Waals surface area contributed by atoms with Gasteiger partial charge in [-0.3, -0.25) is 19.8 Å². The van der Waals surface area contributed by atoms with Gasteiger partial charge in [0.1, 0.15) is 17.6 Å². The van der Waals surface area contributed by atoms with Crippen molar-refractivity contribution in [1.29, 1.82) is 5.41 Å². The third-order valence-electron chi connectivity index (χ3n) is 6.48. The monoisotopic (exact) mass is 571 g/mol. The number of amides is 3. The SMILES string of the molecule is C1CC1.N=C(N)c1csc(CNC(=O)C2CC3(CN2C(=O)CNC(=O)CCCOc2ccccc2)OCCO3)c1.